The molecule has 0 spiro atoms. The van der Waals surface area contributed by atoms with Gasteiger partial charge in [0, 0.05) is 36.7 Å². The van der Waals surface area contributed by atoms with Gasteiger partial charge in [0.25, 0.3) is 5.91 Å². The van der Waals surface area contributed by atoms with E-state index in [1.54, 1.807) is 4.90 Å². The first kappa shape index (κ1) is 22.1. The molecule has 2 heterocycles. The average molecular weight is 439 g/mol. The van der Waals surface area contributed by atoms with Crippen LogP contribution >= 0.6 is 0 Å². The highest BCUT2D eigenvalue weighted by Gasteiger charge is 2.33. The highest BCUT2D eigenvalue weighted by atomic mass is 16.7. The van der Waals surface area contributed by atoms with E-state index >= 15 is 0 Å². The third-order valence-corrected chi connectivity index (χ3v) is 5.97. The molecule has 32 heavy (non-hydrogen) atoms. The SMILES string of the molecule is CCNC(=O)c1ccc(-c2ccc3c(c2)COC(C2CCN(C(=O)OCC)CC2)O3)cc1. The summed E-state index contributed by atoms with van der Waals surface area (Å²) in [5.74, 6) is 1.03. The van der Waals surface area contributed by atoms with E-state index in [9.17, 15) is 9.59 Å². The van der Waals surface area contributed by atoms with Gasteiger partial charge in [0.05, 0.1) is 13.2 Å². The first-order chi connectivity index (χ1) is 15.6. The molecule has 1 saturated heterocycles. The molecule has 7 heteroatoms. The number of rotatable bonds is 5. The lowest BCUT2D eigenvalue weighted by molar-refractivity contribution is -0.148. The molecule has 0 radical (unpaired) electrons. The van der Waals surface area contributed by atoms with Crippen LogP contribution in [0.1, 0.15) is 42.6 Å². The van der Waals surface area contributed by atoms with Crippen molar-refractivity contribution >= 4 is 12.0 Å². The van der Waals surface area contributed by atoms with Gasteiger partial charge in [0.2, 0.25) is 6.29 Å². The second-order valence-corrected chi connectivity index (χ2v) is 8.08. The molecule has 0 saturated carbocycles. The number of likely N-dealkylation sites (tertiary alicyclic amines) is 1. The van der Waals surface area contributed by atoms with Crippen molar-refractivity contribution < 1.29 is 23.8 Å². The summed E-state index contributed by atoms with van der Waals surface area (Å²) in [4.78, 5) is 25.6. The number of nitrogens with zero attached hydrogens (tertiary/aromatic N) is 1. The van der Waals surface area contributed by atoms with Crippen LogP contribution in [-0.4, -0.2) is 49.4 Å². The fourth-order valence-corrected chi connectivity index (χ4v) is 4.20. The van der Waals surface area contributed by atoms with Crippen molar-refractivity contribution in [2.75, 3.05) is 26.2 Å². The van der Waals surface area contributed by atoms with Crippen LogP contribution in [0.5, 0.6) is 5.75 Å². The Morgan fingerprint density at radius 3 is 2.47 bits per heavy atom. The van der Waals surface area contributed by atoms with Gasteiger partial charge in [-0.1, -0.05) is 18.2 Å². The summed E-state index contributed by atoms with van der Waals surface area (Å²) in [6.07, 6.45) is 1.12. The van der Waals surface area contributed by atoms with E-state index in [2.05, 4.69) is 11.4 Å². The van der Waals surface area contributed by atoms with E-state index in [1.165, 1.54) is 0 Å². The van der Waals surface area contributed by atoms with Crippen molar-refractivity contribution in [3.05, 3.63) is 53.6 Å². The van der Waals surface area contributed by atoms with Crippen LogP contribution in [0.3, 0.4) is 0 Å². The molecule has 0 aliphatic carbocycles. The maximum Gasteiger partial charge on any atom is 0.409 e. The van der Waals surface area contributed by atoms with E-state index in [0.29, 0.717) is 38.4 Å². The number of fused-ring (bicyclic) bond motifs is 1. The van der Waals surface area contributed by atoms with Crippen LogP contribution in [0.2, 0.25) is 0 Å². The molecule has 2 aromatic carbocycles. The molecule has 1 fully saturated rings. The third-order valence-electron chi connectivity index (χ3n) is 5.97. The molecule has 2 aliphatic rings. The van der Waals surface area contributed by atoms with E-state index in [0.717, 1.165) is 35.3 Å². The van der Waals surface area contributed by atoms with Crippen molar-refractivity contribution in [1.29, 1.82) is 0 Å². The molecule has 170 valence electrons. The van der Waals surface area contributed by atoms with E-state index in [1.807, 2.05) is 50.2 Å². The minimum absolute atomic E-state index is 0.0644. The van der Waals surface area contributed by atoms with Crippen molar-refractivity contribution in [2.45, 2.75) is 39.6 Å². The molecule has 0 aromatic heterocycles. The Morgan fingerprint density at radius 2 is 1.78 bits per heavy atom. The summed E-state index contributed by atoms with van der Waals surface area (Å²) >= 11 is 0. The van der Waals surface area contributed by atoms with Crippen LogP contribution in [0.25, 0.3) is 11.1 Å². The predicted octanol–water partition coefficient (Wildman–Crippen LogP) is 4.21. The molecule has 1 unspecified atom stereocenters. The number of carbonyl (C=O) groups excluding carboxylic acids is 2. The van der Waals surface area contributed by atoms with Crippen LogP contribution in [0.15, 0.2) is 42.5 Å². The summed E-state index contributed by atoms with van der Waals surface area (Å²) in [7, 11) is 0. The highest BCUT2D eigenvalue weighted by molar-refractivity contribution is 5.94. The Kier molecular flexibility index (Phi) is 6.95. The molecule has 2 aromatic rings. The van der Waals surface area contributed by atoms with E-state index in [-0.39, 0.29) is 24.2 Å². The Bertz CT molecular complexity index is 951. The van der Waals surface area contributed by atoms with Crippen LogP contribution in [-0.2, 0) is 16.1 Å². The number of hydrogen-bond acceptors (Lipinski definition) is 5. The fraction of sp³-hybridized carbons (Fsp3) is 0.440. The summed E-state index contributed by atoms with van der Waals surface area (Å²) in [6.45, 7) is 6.53. The van der Waals surface area contributed by atoms with Crippen molar-refractivity contribution in [2.24, 2.45) is 5.92 Å². The molecule has 2 amide bonds. The number of nitrogens with one attached hydrogen (secondary N) is 1. The Morgan fingerprint density at radius 1 is 1.06 bits per heavy atom. The quantitative estimate of drug-likeness (QED) is 0.757. The zero-order valence-electron chi connectivity index (χ0n) is 18.6. The number of amides is 2. The molecule has 1 atom stereocenters. The molecule has 1 N–H and O–H groups in total. The van der Waals surface area contributed by atoms with E-state index in [4.69, 9.17) is 14.2 Å². The minimum Gasteiger partial charge on any atom is -0.464 e. The minimum atomic E-state index is -0.297. The largest absolute Gasteiger partial charge is 0.464 e. The predicted molar refractivity (Wildman–Crippen MR) is 120 cm³/mol. The maximum atomic E-state index is 12.0. The normalized spacial score (nSPS) is 18.4. The van der Waals surface area contributed by atoms with Gasteiger partial charge in [-0.3, -0.25) is 4.79 Å². The molecular weight excluding hydrogens is 408 g/mol. The van der Waals surface area contributed by atoms with Crippen molar-refractivity contribution in [3.8, 4) is 16.9 Å². The molecular formula is C25H30N2O5. The summed E-state index contributed by atoms with van der Waals surface area (Å²) in [5, 5.41) is 2.81. The van der Waals surface area contributed by atoms with Gasteiger partial charge < -0.3 is 24.4 Å². The molecule has 0 bridgehead atoms. The van der Waals surface area contributed by atoms with E-state index < -0.39 is 0 Å². The highest BCUT2D eigenvalue weighted by Crippen LogP contribution is 2.35. The molecule has 2 aliphatic heterocycles. The van der Waals surface area contributed by atoms with Crippen LogP contribution < -0.4 is 10.1 Å². The van der Waals surface area contributed by atoms with Gasteiger partial charge in [-0.25, -0.2) is 4.79 Å². The topological polar surface area (TPSA) is 77.1 Å². The lowest BCUT2D eigenvalue weighted by Crippen LogP contribution is -2.44. The Balaban J connectivity index is 1.38. The molecule has 7 nitrogen and oxygen atoms in total. The second-order valence-electron chi connectivity index (χ2n) is 8.08. The standard InChI is InChI=1S/C25H30N2O5/c1-3-26-23(28)18-7-5-17(6-8-18)20-9-10-22-21(15-20)16-31-24(32-22)19-11-13-27(14-12-19)25(29)30-4-2/h5-10,15,19,24H,3-4,11-14,16H2,1-2H3,(H,26,28). The first-order valence-electron chi connectivity index (χ1n) is 11.3. The number of piperidine rings is 1. The first-order valence-corrected chi connectivity index (χ1v) is 11.3. The average Bonchev–Trinajstić information content (AvgIpc) is 2.84. The Labute approximate surface area is 188 Å². The van der Waals surface area contributed by atoms with Gasteiger partial charge in [-0.2, -0.15) is 0 Å². The Hall–Kier alpha value is -3.06. The van der Waals surface area contributed by atoms with Gasteiger partial charge in [-0.05, 0) is 62.1 Å². The number of carbonyl (C=O) groups is 2. The monoisotopic (exact) mass is 438 g/mol. The lowest BCUT2D eigenvalue weighted by atomic mass is 9.95. The number of hydrogen-bond donors (Lipinski definition) is 1. The summed E-state index contributed by atoms with van der Waals surface area (Å²) in [5.41, 5.74) is 3.75. The lowest BCUT2D eigenvalue weighted by Gasteiger charge is -2.37. The van der Waals surface area contributed by atoms with Crippen molar-refractivity contribution in [3.63, 3.8) is 0 Å². The van der Waals surface area contributed by atoms with Crippen LogP contribution in [0.4, 0.5) is 4.79 Å². The molecule has 4 rings (SSSR count). The zero-order chi connectivity index (χ0) is 22.5. The summed E-state index contributed by atoms with van der Waals surface area (Å²) < 4.78 is 17.3. The van der Waals surface area contributed by atoms with Crippen molar-refractivity contribution in [1.82, 2.24) is 10.2 Å². The van der Waals surface area contributed by atoms with Gasteiger partial charge in [0.15, 0.2) is 0 Å². The number of ether oxygens (including phenoxy) is 3. The maximum absolute atomic E-state index is 12.0. The van der Waals surface area contributed by atoms with Crippen LogP contribution in [0, 0.1) is 5.92 Å². The van der Waals surface area contributed by atoms with Gasteiger partial charge >= 0.3 is 6.09 Å². The second kappa shape index (κ2) is 10.0. The summed E-state index contributed by atoms with van der Waals surface area (Å²) in [6, 6.07) is 13.7. The van der Waals surface area contributed by atoms with Gasteiger partial charge in [-0.15, -0.1) is 0 Å². The third kappa shape index (κ3) is 4.88. The number of benzene rings is 2. The van der Waals surface area contributed by atoms with Gasteiger partial charge in [0.1, 0.15) is 5.75 Å². The fourth-order valence-electron chi connectivity index (χ4n) is 4.20. The smallest absolute Gasteiger partial charge is 0.409 e. The zero-order valence-corrected chi connectivity index (χ0v) is 18.6.